The zero-order valence-electron chi connectivity index (χ0n) is 11.2. The summed E-state index contributed by atoms with van der Waals surface area (Å²) in [5.41, 5.74) is 4.83. The molecule has 2 rings (SSSR count). The van der Waals surface area contributed by atoms with Crippen LogP contribution in [-0.2, 0) is 12.8 Å². The highest BCUT2D eigenvalue weighted by Gasteiger charge is 2.12. The van der Waals surface area contributed by atoms with Crippen molar-refractivity contribution in [2.45, 2.75) is 25.3 Å². The summed E-state index contributed by atoms with van der Waals surface area (Å²) in [4.78, 5) is 0. The van der Waals surface area contributed by atoms with Gasteiger partial charge in [-0.2, -0.15) is 0 Å². The highest BCUT2D eigenvalue weighted by Crippen LogP contribution is 2.21. The Bertz CT molecular complexity index is 545. The number of rotatable bonds is 6. The maximum Gasteiger partial charge on any atom is 0.142 e. The summed E-state index contributed by atoms with van der Waals surface area (Å²) in [6.45, 7) is 0. The van der Waals surface area contributed by atoms with Gasteiger partial charge in [0.25, 0.3) is 0 Å². The highest BCUT2D eigenvalue weighted by atomic mass is 35.5. The van der Waals surface area contributed by atoms with Crippen LogP contribution in [0.5, 0.6) is 0 Å². The molecule has 0 bridgehead atoms. The van der Waals surface area contributed by atoms with Crippen molar-refractivity contribution in [1.82, 2.24) is 5.43 Å². The van der Waals surface area contributed by atoms with E-state index < -0.39 is 0 Å². The van der Waals surface area contributed by atoms with E-state index in [0.717, 1.165) is 18.4 Å². The van der Waals surface area contributed by atoms with E-state index in [4.69, 9.17) is 17.4 Å². The minimum Gasteiger partial charge on any atom is -0.271 e. The van der Waals surface area contributed by atoms with Crippen molar-refractivity contribution < 1.29 is 4.39 Å². The third-order valence-electron chi connectivity index (χ3n) is 3.36. The maximum absolute atomic E-state index is 13.4. The smallest absolute Gasteiger partial charge is 0.142 e. The molecule has 2 nitrogen and oxygen atoms in total. The molecule has 0 aliphatic carbocycles. The number of hydrogen-bond donors (Lipinski definition) is 2. The summed E-state index contributed by atoms with van der Waals surface area (Å²) in [5.74, 6) is 5.20. The molecule has 20 heavy (non-hydrogen) atoms. The van der Waals surface area contributed by atoms with Crippen LogP contribution in [0.25, 0.3) is 0 Å². The second-order valence-electron chi connectivity index (χ2n) is 4.80. The summed E-state index contributed by atoms with van der Waals surface area (Å²) in [7, 11) is 0. The Morgan fingerprint density at radius 3 is 2.55 bits per heavy atom. The molecule has 1 unspecified atom stereocenters. The van der Waals surface area contributed by atoms with Gasteiger partial charge in [0.1, 0.15) is 5.82 Å². The van der Waals surface area contributed by atoms with Crippen LogP contribution in [-0.4, -0.2) is 6.04 Å². The molecule has 0 amide bonds. The largest absolute Gasteiger partial charge is 0.271 e. The first-order chi connectivity index (χ1) is 9.70. The van der Waals surface area contributed by atoms with Crippen LogP contribution < -0.4 is 11.3 Å². The zero-order chi connectivity index (χ0) is 14.4. The van der Waals surface area contributed by atoms with E-state index in [9.17, 15) is 4.39 Å². The number of aryl methyl sites for hydroxylation is 1. The van der Waals surface area contributed by atoms with Gasteiger partial charge in [-0.1, -0.05) is 54.1 Å². The fraction of sp³-hybridized carbons (Fsp3) is 0.250. The molecule has 0 saturated carbocycles. The lowest BCUT2D eigenvalue weighted by atomic mass is 9.99. The van der Waals surface area contributed by atoms with Gasteiger partial charge in [-0.25, -0.2) is 4.39 Å². The van der Waals surface area contributed by atoms with Gasteiger partial charge in [-0.05, 0) is 36.5 Å². The van der Waals surface area contributed by atoms with E-state index in [1.165, 1.54) is 11.6 Å². The van der Waals surface area contributed by atoms with Crippen molar-refractivity contribution in [3.05, 3.63) is 70.5 Å². The number of halogens is 2. The Hall–Kier alpha value is -1.42. The molecule has 2 aromatic carbocycles. The van der Waals surface area contributed by atoms with Crippen LogP contribution >= 0.6 is 11.6 Å². The van der Waals surface area contributed by atoms with Crippen LogP contribution in [0.15, 0.2) is 48.5 Å². The number of hydrazine groups is 1. The van der Waals surface area contributed by atoms with E-state index >= 15 is 0 Å². The quantitative estimate of drug-likeness (QED) is 0.632. The van der Waals surface area contributed by atoms with Gasteiger partial charge in [0.15, 0.2) is 0 Å². The summed E-state index contributed by atoms with van der Waals surface area (Å²) in [6, 6.07) is 15.1. The minimum atomic E-state index is -0.386. The molecule has 0 saturated heterocycles. The number of nitrogens with one attached hydrogen (secondary N) is 1. The number of nitrogens with two attached hydrogens (primary N) is 1. The Balaban J connectivity index is 1.97. The molecular formula is C16H18ClFN2. The summed E-state index contributed by atoms with van der Waals surface area (Å²) >= 11 is 5.97. The monoisotopic (exact) mass is 292 g/mol. The van der Waals surface area contributed by atoms with Crippen molar-refractivity contribution in [3.63, 3.8) is 0 Å². The fourth-order valence-electron chi connectivity index (χ4n) is 2.20. The molecule has 4 heteroatoms. The predicted octanol–water partition coefficient (Wildman–Crippen LogP) is 3.49. The Kier molecular flexibility index (Phi) is 5.53. The first-order valence-corrected chi connectivity index (χ1v) is 7.01. The van der Waals surface area contributed by atoms with Gasteiger partial charge < -0.3 is 0 Å². The molecule has 2 aromatic rings. The van der Waals surface area contributed by atoms with E-state index in [-0.39, 0.29) is 16.9 Å². The van der Waals surface area contributed by atoms with Crippen molar-refractivity contribution in [2.24, 2.45) is 5.84 Å². The predicted molar refractivity (Wildman–Crippen MR) is 81.0 cm³/mol. The van der Waals surface area contributed by atoms with Gasteiger partial charge in [-0.3, -0.25) is 11.3 Å². The summed E-state index contributed by atoms with van der Waals surface area (Å²) in [5, 5.41) is 0.187. The molecule has 0 aromatic heterocycles. The molecular weight excluding hydrogens is 275 g/mol. The second kappa shape index (κ2) is 7.39. The fourth-order valence-corrected chi connectivity index (χ4v) is 2.40. The highest BCUT2D eigenvalue weighted by molar-refractivity contribution is 6.31. The van der Waals surface area contributed by atoms with Gasteiger partial charge in [0.2, 0.25) is 0 Å². The molecule has 0 fully saturated rings. The summed E-state index contributed by atoms with van der Waals surface area (Å²) in [6.07, 6.45) is 2.40. The molecule has 0 aliphatic rings. The molecule has 0 heterocycles. The SMILES string of the molecule is NNC(CCc1ccccc1)Cc1cccc(F)c1Cl. The van der Waals surface area contributed by atoms with Gasteiger partial charge in [-0.15, -0.1) is 0 Å². The lowest BCUT2D eigenvalue weighted by Gasteiger charge is -2.17. The van der Waals surface area contributed by atoms with Crippen LogP contribution in [0.3, 0.4) is 0 Å². The number of benzene rings is 2. The number of hydrogen-bond acceptors (Lipinski definition) is 2. The first kappa shape index (κ1) is 15.0. The maximum atomic E-state index is 13.4. The lowest BCUT2D eigenvalue weighted by molar-refractivity contribution is 0.490. The van der Waals surface area contributed by atoms with Crippen LogP contribution in [0.1, 0.15) is 17.5 Å². The van der Waals surface area contributed by atoms with Crippen molar-refractivity contribution in [2.75, 3.05) is 0 Å². The van der Waals surface area contributed by atoms with E-state index in [0.29, 0.717) is 6.42 Å². The third-order valence-corrected chi connectivity index (χ3v) is 3.78. The zero-order valence-corrected chi connectivity index (χ0v) is 11.9. The normalized spacial score (nSPS) is 12.3. The molecule has 0 spiro atoms. The lowest BCUT2D eigenvalue weighted by Crippen LogP contribution is -2.37. The van der Waals surface area contributed by atoms with Crippen molar-refractivity contribution in [1.29, 1.82) is 0 Å². The van der Waals surface area contributed by atoms with E-state index in [1.807, 2.05) is 24.3 Å². The van der Waals surface area contributed by atoms with Crippen LogP contribution in [0.2, 0.25) is 5.02 Å². The molecule has 3 N–H and O–H groups in total. The Morgan fingerprint density at radius 1 is 1.10 bits per heavy atom. The average molecular weight is 293 g/mol. The van der Waals surface area contributed by atoms with Crippen LogP contribution in [0, 0.1) is 5.82 Å². The molecule has 1 atom stereocenters. The van der Waals surface area contributed by atoms with Crippen molar-refractivity contribution >= 4 is 11.6 Å². The summed E-state index contributed by atoms with van der Waals surface area (Å²) < 4.78 is 13.4. The molecule has 0 radical (unpaired) electrons. The van der Waals surface area contributed by atoms with Gasteiger partial charge >= 0.3 is 0 Å². The molecule has 0 aliphatic heterocycles. The third kappa shape index (κ3) is 4.04. The standard InChI is InChI=1S/C16H18ClFN2/c17-16-13(7-4-8-15(16)18)11-14(20-19)10-9-12-5-2-1-3-6-12/h1-8,14,20H,9-11,19H2. The van der Waals surface area contributed by atoms with E-state index in [1.54, 1.807) is 6.07 Å². The van der Waals surface area contributed by atoms with Crippen molar-refractivity contribution in [3.8, 4) is 0 Å². The topological polar surface area (TPSA) is 38.0 Å². The minimum absolute atomic E-state index is 0.0644. The van der Waals surface area contributed by atoms with Crippen LogP contribution in [0.4, 0.5) is 4.39 Å². The first-order valence-electron chi connectivity index (χ1n) is 6.63. The Morgan fingerprint density at radius 2 is 1.85 bits per heavy atom. The average Bonchev–Trinajstić information content (AvgIpc) is 2.49. The van der Waals surface area contributed by atoms with Gasteiger partial charge in [0.05, 0.1) is 5.02 Å². The Labute approximate surface area is 123 Å². The molecule has 106 valence electrons. The van der Waals surface area contributed by atoms with Gasteiger partial charge in [0, 0.05) is 6.04 Å². The van der Waals surface area contributed by atoms with E-state index in [2.05, 4.69) is 17.6 Å². The second-order valence-corrected chi connectivity index (χ2v) is 5.18.